The van der Waals surface area contributed by atoms with Crippen LogP contribution in [0.15, 0.2) is 24.3 Å². The molecule has 4 nitrogen and oxygen atoms in total. The molecule has 4 heteroatoms. The molecule has 1 aliphatic carbocycles. The summed E-state index contributed by atoms with van der Waals surface area (Å²) in [6.07, 6.45) is 2.32. The third kappa shape index (κ3) is 2.91. The van der Waals surface area contributed by atoms with E-state index in [1.165, 1.54) is 12.1 Å². The molecule has 1 atom stereocenters. The van der Waals surface area contributed by atoms with Crippen molar-refractivity contribution in [3.8, 4) is 0 Å². The number of carbonyl (C=O) groups is 2. The molecule has 0 saturated heterocycles. The quantitative estimate of drug-likeness (QED) is 0.812. The van der Waals surface area contributed by atoms with Crippen LogP contribution in [0.5, 0.6) is 0 Å². The number of carboxylic acid groups (broad SMARTS) is 1. The lowest BCUT2D eigenvalue weighted by Gasteiger charge is -2.11. The molecule has 17 heavy (non-hydrogen) atoms. The van der Waals surface area contributed by atoms with Crippen molar-refractivity contribution in [1.29, 1.82) is 0 Å². The zero-order chi connectivity index (χ0) is 12.4. The van der Waals surface area contributed by atoms with Crippen LogP contribution in [-0.4, -0.2) is 16.9 Å². The maximum absolute atomic E-state index is 11.6. The summed E-state index contributed by atoms with van der Waals surface area (Å²) < 4.78 is 0. The molecule has 90 valence electrons. The minimum absolute atomic E-state index is 0.222. The summed E-state index contributed by atoms with van der Waals surface area (Å²) in [6.45, 7) is 0. The van der Waals surface area contributed by atoms with Crippen molar-refractivity contribution in [2.24, 2.45) is 11.7 Å². The average Bonchev–Trinajstić information content (AvgIpc) is 3.12. The van der Waals surface area contributed by atoms with Gasteiger partial charge in [-0.25, -0.2) is 4.79 Å². The summed E-state index contributed by atoms with van der Waals surface area (Å²) in [4.78, 5) is 22.3. The Morgan fingerprint density at radius 2 is 1.88 bits per heavy atom. The van der Waals surface area contributed by atoms with Gasteiger partial charge in [-0.1, -0.05) is 12.1 Å². The number of aromatic carboxylic acids is 1. The molecule has 0 bridgehead atoms. The lowest BCUT2D eigenvalue weighted by atomic mass is 9.99. The Kier molecular flexibility index (Phi) is 3.24. The molecular formula is C13H15NO3. The van der Waals surface area contributed by atoms with Gasteiger partial charge in [-0.05, 0) is 30.5 Å². The van der Waals surface area contributed by atoms with Crippen molar-refractivity contribution in [2.45, 2.75) is 25.3 Å². The molecule has 1 saturated carbocycles. The van der Waals surface area contributed by atoms with Crippen molar-refractivity contribution in [1.82, 2.24) is 0 Å². The third-order valence-corrected chi connectivity index (χ3v) is 3.04. The highest BCUT2D eigenvalue weighted by Crippen LogP contribution is 2.32. The molecular weight excluding hydrogens is 218 g/mol. The van der Waals surface area contributed by atoms with Crippen molar-refractivity contribution in [2.75, 3.05) is 0 Å². The van der Waals surface area contributed by atoms with E-state index in [4.69, 9.17) is 10.8 Å². The molecule has 0 aromatic heterocycles. The van der Waals surface area contributed by atoms with Gasteiger partial charge in [-0.3, -0.25) is 4.79 Å². The lowest BCUT2D eigenvalue weighted by molar-refractivity contribution is -0.120. The van der Waals surface area contributed by atoms with E-state index in [0.717, 1.165) is 18.4 Å². The van der Waals surface area contributed by atoms with Crippen molar-refractivity contribution in [3.05, 3.63) is 35.4 Å². The number of hydrogen-bond acceptors (Lipinski definition) is 3. The van der Waals surface area contributed by atoms with Crippen LogP contribution in [0.2, 0.25) is 0 Å². The van der Waals surface area contributed by atoms with Crippen LogP contribution in [0, 0.1) is 5.92 Å². The fourth-order valence-corrected chi connectivity index (χ4v) is 1.78. The predicted molar refractivity (Wildman–Crippen MR) is 62.7 cm³/mol. The highest BCUT2D eigenvalue weighted by Gasteiger charge is 2.30. The monoisotopic (exact) mass is 233 g/mol. The predicted octanol–water partition coefficient (Wildman–Crippen LogP) is 1.75. The molecule has 1 unspecified atom stereocenters. The van der Waals surface area contributed by atoms with E-state index >= 15 is 0 Å². The molecule has 1 aromatic rings. The summed E-state index contributed by atoms with van der Waals surface area (Å²) >= 11 is 0. The maximum atomic E-state index is 11.6. The van der Waals surface area contributed by atoms with Crippen LogP contribution in [0.1, 0.15) is 41.2 Å². The molecule has 0 aliphatic heterocycles. The fourth-order valence-electron chi connectivity index (χ4n) is 1.78. The van der Waals surface area contributed by atoms with E-state index < -0.39 is 5.97 Å². The van der Waals surface area contributed by atoms with Crippen LogP contribution < -0.4 is 5.73 Å². The van der Waals surface area contributed by atoms with Gasteiger partial charge in [-0.2, -0.15) is 0 Å². The Balaban J connectivity index is 2.00. The lowest BCUT2D eigenvalue weighted by Crippen LogP contribution is -2.16. The minimum atomic E-state index is -0.959. The van der Waals surface area contributed by atoms with Crippen molar-refractivity contribution >= 4 is 11.8 Å². The zero-order valence-corrected chi connectivity index (χ0v) is 9.43. The van der Waals surface area contributed by atoms with Crippen LogP contribution in [-0.2, 0) is 4.79 Å². The summed E-state index contributed by atoms with van der Waals surface area (Å²) in [5.41, 5.74) is 6.96. The van der Waals surface area contributed by atoms with Crippen LogP contribution in [0.3, 0.4) is 0 Å². The van der Waals surface area contributed by atoms with Gasteiger partial charge in [0.25, 0.3) is 0 Å². The highest BCUT2D eigenvalue weighted by atomic mass is 16.4. The number of carboxylic acids is 1. The van der Waals surface area contributed by atoms with E-state index in [9.17, 15) is 9.59 Å². The van der Waals surface area contributed by atoms with Gasteiger partial charge in [0.15, 0.2) is 0 Å². The molecule has 3 N–H and O–H groups in total. The Morgan fingerprint density at radius 3 is 2.35 bits per heavy atom. The summed E-state index contributed by atoms with van der Waals surface area (Å²) in [5.74, 6) is -0.515. The first kappa shape index (κ1) is 11.8. The number of rotatable bonds is 5. The largest absolute Gasteiger partial charge is 0.478 e. The van der Waals surface area contributed by atoms with Gasteiger partial charge in [0.1, 0.15) is 5.78 Å². The number of carbonyl (C=O) groups excluding carboxylic acids is 1. The van der Waals surface area contributed by atoms with E-state index in [1.807, 2.05) is 0 Å². The summed E-state index contributed by atoms with van der Waals surface area (Å²) in [7, 11) is 0. The molecule has 2 rings (SSSR count). The second-order valence-corrected chi connectivity index (χ2v) is 4.48. The SMILES string of the molecule is NC(CC(=O)C1CC1)c1ccc(C(=O)O)cc1. The molecule has 0 heterocycles. The molecule has 1 fully saturated rings. The minimum Gasteiger partial charge on any atom is -0.478 e. The number of hydrogen-bond donors (Lipinski definition) is 2. The molecule has 0 radical (unpaired) electrons. The molecule has 1 aromatic carbocycles. The van der Waals surface area contributed by atoms with Crippen molar-refractivity contribution in [3.63, 3.8) is 0 Å². The van der Waals surface area contributed by atoms with Gasteiger partial charge in [0.05, 0.1) is 5.56 Å². The Hall–Kier alpha value is -1.68. The first-order valence-corrected chi connectivity index (χ1v) is 5.69. The van der Waals surface area contributed by atoms with Crippen molar-refractivity contribution < 1.29 is 14.7 Å². The first-order chi connectivity index (χ1) is 8.08. The Bertz CT molecular complexity index is 434. The number of ketones is 1. The second-order valence-electron chi connectivity index (χ2n) is 4.48. The number of Topliss-reactive ketones (excluding diaryl/α,β-unsaturated/α-hetero) is 1. The summed E-state index contributed by atoms with van der Waals surface area (Å²) in [5, 5.41) is 8.76. The highest BCUT2D eigenvalue weighted by molar-refractivity contribution is 5.87. The van der Waals surface area contributed by atoms with Gasteiger partial charge >= 0.3 is 5.97 Å². The van der Waals surface area contributed by atoms with Crippen LogP contribution >= 0.6 is 0 Å². The first-order valence-electron chi connectivity index (χ1n) is 5.69. The summed E-state index contributed by atoms with van der Waals surface area (Å²) in [6, 6.07) is 6.05. The number of nitrogens with two attached hydrogens (primary N) is 1. The van der Waals surface area contributed by atoms with Gasteiger partial charge in [-0.15, -0.1) is 0 Å². The maximum Gasteiger partial charge on any atom is 0.335 e. The molecule has 0 spiro atoms. The number of benzene rings is 1. The van der Waals surface area contributed by atoms with Gasteiger partial charge in [0.2, 0.25) is 0 Å². The van der Waals surface area contributed by atoms with Crippen LogP contribution in [0.4, 0.5) is 0 Å². The van der Waals surface area contributed by atoms with Crippen LogP contribution in [0.25, 0.3) is 0 Å². The van der Waals surface area contributed by atoms with Gasteiger partial charge < -0.3 is 10.8 Å². The topological polar surface area (TPSA) is 80.4 Å². The third-order valence-electron chi connectivity index (χ3n) is 3.04. The van der Waals surface area contributed by atoms with Gasteiger partial charge in [0, 0.05) is 18.4 Å². The zero-order valence-electron chi connectivity index (χ0n) is 9.43. The smallest absolute Gasteiger partial charge is 0.335 e. The van der Waals surface area contributed by atoms with E-state index in [-0.39, 0.29) is 23.3 Å². The second kappa shape index (κ2) is 4.67. The van der Waals surface area contributed by atoms with E-state index in [0.29, 0.717) is 6.42 Å². The van der Waals surface area contributed by atoms with E-state index in [1.54, 1.807) is 12.1 Å². The molecule has 0 amide bonds. The normalized spacial score (nSPS) is 16.5. The van der Waals surface area contributed by atoms with E-state index in [2.05, 4.69) is 0 Å². The molecule has 1 aliphatic rings. The Morgan fingerprint density at radius 1 is 1.29 bits per heavy atom. The fraction of sp³-hybridized carbons (Fsp3) is 0.385. The average molecular weight is 233 g/mol. The Labute approximate surface area is 99.4 Å². The standard InChI is InChI=1S/C13H15NO3/c14-11(7-12(15)9-3-4-9)8-1-5-10(6-2-8)13(16)17/h1-2,5-6,9,11H,3-4,7,14H2,(H,16,17).